The highest BCUT2D eigenvalue weighted by Gasteiger charge is 2.33. The van der Waals surface area contributed by atoms with Crippen LogP contribution in [0, 0.1) is 5.92 Å². The van der Waals surface area contributed by atoms with Gasteiger partial charge in [0.05, 0.1) is 29.3 Å². The van der Waals surface area contributed by atoms with Gasteiger partial charge in [-0.3, -0.25) is 14.8 Å². The van der Waals surface area contributed by atoms with Gasteiger partial charge in [-0.2, -0.15) is 17.6 Å². The van der Waals surface area contributed by atoms with E-state index in [-0.39, 0.29) is 29.6 Å². The maximum atomic E-state index is 13.0. The molecule has 10 heteroatoms. The molecule has 1 aromatic carbocycles. The second-order valence-corrected chi connectivity index (χ2v) is 8.71. The molecule has 1 N–H and O–H groups in total. The number of aromatic nitrogens is 3. The average Bonchev–Trinajstić information content (AvgIpc) is 3.33. The minimum absolute atomic E-state index is 0.103. The molecule has 1 atom stereocenters. The number of nitrogens with zero attached hydrogens (tertiary/aromatic N) is 5. The van der Waals surface area contributed by atoms with E-state index in [1.54, 1.807) is 30.5 Å². The molecule has 0 aliphatic carbocycles. The largest absolute Gasteiger partial charge is 0.395 e. The first-order valence-corrected chi connectivity index (χ1v) is 10.5. The third-order valence-corrected chi connectivity index (χ3v) is 6.60. The first-order chi connectivity index (χ1) is 14.3. The molecule has 2 aromatic heterocycles. The number of aliphatic hydroxyl groups excluding tert-OH is 1. The van der Waals surface area contributed by atoms with E-state index in [9.17, 15) is 18.3 Å². The molecule has 30 heavy (non-hydrogen) atoms. The number of hydrogen-bond donors (Lipinski definition) is 1. The van der Waals surface area contributed by atoms with Crippen LogP contribution in [-0.2, 0) is 27.9 Å². The van der Waals surface area contributed by atoms with E-state index in [1.807, 2.05) is 0 Å². The third-order valence-electron chi connectivity index (χ3n) is 5.07. The van der Waals surface area contributed by atoms with Crippen molar-refractivity contribution in [2.75, 3.05) is 6.61 Å². The summed E-state index contributed by atoms with van der Waals surface area (Å²) in [4.78, 5) is 22.0. The highest BCUT2D eigenvalue weighted by Crippen LogP contribution is 2.27. The Kier molecular flexibility index (Phi) is 4.96. The predicted molar refractivity (Wildman–Crippen MR) is 110 cm³/mol. The predicted octanol–water partition coefficient (Wildman–Crippen LogP) is 1.33. The van der Waals surface area contributed by atoms with E-state index in [0.29, 0.717) is 22.2 Å². The summed E-state index contributed by atoms with van der Waals surface area (Å²) in [6.45, 7) is 6.86. The number of aliphatic imine (C=N–C) groups is 1. The average molecular weight is 425 g/mol. The molecule has 1 aliphatic heterocycles. The van der Waals surface area contributed by atoms with Crippen LogP contribution in [0.1, 0.15) is 11.3 Å². The van der Waals surface area contributed by atoms with E-state index in [2.05, 4.69) is 28.4 Å². The van der Waals surface area contributed by atoms with Crippen molar-refractivity contribution < 1.29 is 18.3 Å². The van der Waals surface area contributed by atoms with Gasteiger partial charge in [0.15, 0.2) is 0 Å². The maximum absolute atomic E-state index is 13.0. The molecule has 0 radical (unpaired) electrons. The zero-order chi connectivity index (χ0) is 21.5. The summed E-state index contributed by atoms with van der Waals surface area (Å²) in [5.74, 6) is -1.24. The van der Waals surface area contributed by atoms with Crippen molar-refractivity contribution in [3.63, 3.8) is 0 Å². The van der Waals surface area contributed by atoms with E-state index in [4.69, 9.17) is 0 Å². The van der Waals surface area contributed by atoms with Gasteiger partial charge in [-0.25, -0.2) is 0 Å². The van der Waals surface area contributed by atoms with E-state index in [0.717, 1.165) is 4.09 Å². The van der Waals surface area contributed by atoms with Crippen molar-refractivity contribution in [2.24, 2.45) is 10.9 Å². The van der Waals surface area contributed by atoms with Gasteiger partial charge in [-0.05, 0) is 31.0 Å². The van der Waals surface area contributed by atoms with Crippen LogP contribution in [-0.4, -0.2) is 51.8 Å². The summed E-state index contributed by atoms with van der Waals surface area (Å²) in [7, 11) is -3.89. The molecule has 9 nitrogen and oxygen atoms in total. The molecule has 0 saturated carbocycles. The highest BCUT2D eigenvalue weighted by atomic mass is 32.2. The zero-order valence-corrected chi connectivity index (χ0v) is 16.8. The number of rotatable bonds is 6. The van der Waals surface area contributed by atoms with E-state index in [1.165, 1.54) is 17.2 Å². The van der Waals surface area contributed by atoms with Gasteiger partial charge >= 0.3 is 0 Å². The van der Waals surface area contributed by atoms with E-state index >= 15 is 0 Å². The number of amides is 1. The Bertz CT molecular complexity index is 1260. The second-order valence-electron chi connectivity index (χ2n) is 6.92. The number of pyridine rings is 1. The van der Waals surface area contributed by atoms with Crippen molar-refractivity contribution in [3.05, 3.63) is 66.3 Å². The topological polar surface area (TPSA) is 118 Å². The van der Waals surface area contributed by atoms with Gasteiger partial charge < -0.3 is 10.0 Å². The van der Waals surface area contributed by atoms with Crippen LogP contribution >= 0.6 is 0 Å². The van der Waals surface area contributed by atoms with Crippen molar-refractivity contribution in [1.29, 1.82) is 0 Å². The Morgan fingerprint density at radius 3 is 2.80 bits per heavy atom. The first kappa shape index (κ1) is 19.9. The fourth-order valence-corrected chi connectivity index (χ4v) is 4.59. The smallest absolute Gasteiger partial charge is 0.282 e. The molecule has 0 saturated heterocycles. The molecular formula is C20H19N5O4S. The summed E-state index contributed by atoms with van der Waals surface area (Å²) in [5.41, 5.74) is 2.00. The lowest BCUT2D eigenvalue weighted by Gasteiger charge is -2.21. The standard InChI is InChI=1S/C20H19N5O4S/c1-13(21-2)17(12-26)20(27)24-9-15-10-25(23-19(15)11-24)30(28,29)16-5-6-18-14(8-16)4-3-7-22-18/h3-8,10,17,26H,1-2,9,11-12H2/t17-/m0/s1. The van der Waals surface area contributed by atoms with Gasteiger partial charge in [0, 0.05) is 35.6 Å². The lowest BCUT2D eigenvalue weighted by atomic mass is 10.1. The molecule has 0 fully saturated rings. The van der Waals surface area contributed by atoms with Crippen LogP contribution < -0.4 is 0 Å². The van der Waals surface area contributed by atoms with Crippen LogP contribution in [0.2, 0.25) is 0 Å². The molecule has 0 spiro atoms. The highest BCUT2D eigenvalue weighted by molar-refractivity contribution is 7.89. The fraction of sp³-hybridized carbons (Fsp3) is 0.200. The van der Waals surface area contributed by atoms with Gasteiger partial charge in [-0.15, -0.1) is 0 Å². The number of carbonyl (C=O) groups excluding carboxylic acids is 1. The maximum Gasteiger partial charge on any atom is 0.282 e. The molecule has 3 heterocycles. The molecule has 1 amide bonds. The third kappa shape index (κ3) is 3.29. The minimum Gasteiger partial charge on any atom is -0.395 e. The Morgan fingerprint density at radius 1 is 1.30 bits per heavy atom. The second kappa shape index (κ2) is 7.47. The van der Waals surface area contributed by atoms with Crippen LogP contribution in [0.4, 0.5) is 0 Å². The van der Waals surface area contributed by atoms with Crippen LogP contribution in [0.25, 0.3) is 10.9 Å². The summed E-state index contributed by atoms with van der Waals surface area (Å²) in [6.07, 6.45) is 3.06. The van der Waals surface area contributed by atoms with Crippen molar-refractivity contribution in [3.8, 4) is 0 Å². The monoisotopic (exact) mass is 425 g/mol. The zero-order valence-electron chi connectivity index (χ0n) is 16.0. The van der Waals surface area contributed by atoms with Gasteiger partial charge in [-0.1, -0.05) is 12.6 Å². The number of carbonyl (C=O) groups is 1. The van der Waals surface area contributed by atoms with Gasteiger partial charge in [0.25, 0.3) is 10.0 Å². The molecule has 3 aromatic rings. The SMILES string of the molecule is C=NC(=C)[C@H](CO)C(=O)N1Cc2cn(S(=O)(=O)c3ccc4ncccc4c3)nc2C1. The fourth-order valence-electron chi connectivity index (χ4n) is 3.39. The van der Waals surface area contributed by atoms with Gasteiger partial charge in [0.2, 0.25) is 5.91 Å². The van der Waals surface area contributed by atoms with Gasteiger partial charge in [0.1, 0.15) is 5.92 Å². The van der Waals surface area contributed by atoms with Crippen LogP contribution in [0.3, 0.4) is 0 Å². The Morgan fingerprint density at radius 2 is 2.10 bits per heavy atom. The lowest BCUT2D eigenvalue weighted by molar-refractivity contribution is -0.136. The molecule has 1 aliphatic rings. The number of aliphatic hydroxyl groups is 1. The quantitative estimate of drug-likeness (QED) is 0.596. The summed E-state index contributed by atoms with van der Waals surface area (Å²) < 4.78 is 27.0. The molecule has 4 rings (SSSR count). The Hall–Kier alpha value is -3.37. The first-order valence-electron chi connectivity index (χ1n) is 9.08. The lowest BCUT2D eigenvalue weighted by Crippen LogP contribution is -2.34. The summed E-state index contributed by atoms with van der Waals surface area (Å²) in [5, 5.41) is 14.4. The number of benzene rings is 1. The number of fused-ring (bicyclic) bond motifs is 2. The Labute approximate surface area is 173 Å². The number of hydrogen-bond acceptors (Lipinski definition) is 7. The molecular weight excluding hydrogens is 406 g/mol. The molecule has 0 bridgehead atoms. The van der Waals surface area contributed by atoms with Crippen molar-refractivity contribution >= 4 is 33.6 Å². The van der Waals surface area contributed by atoms with Crippen LogP contribution in [0.15, 0.2) is 64.9 Å². The normalized spacial score (nSPS) is 14.5. The van der Waals surface area contributed by atoms with Crippen LogP contribution in [0.5, 0.6) is 0 Å². The summed E-state index contributed by atoms with van der Waals surface area (Å²) >= 11 is 0. The van der Waals surface area contributed by atoms with E-state index < -0.39 is 22.5 Å². The summed E-state index contributed by atoms with van der Waals surface area (Å²) in [6, 6.07) is 8.23. The Balaban J connectivity index is 1.58. The van der Waals surface area contributed by atoms with Crippen molar-refractivity contribution in [2.45, 2.75) is 18.0 Å². The molecule has 0 unspecified atom stereocenters. The van der Waals surface area contributed by atoms with Crippen molar-refractivity contribution in [1.82, 2.24) is 19.1 Å². The molecule has 154 valence electrons. The minimum atomic E-state index is -3.89.